The molecular weight excluding hydrogens is 262 g/mol. The topological polar surface area (TPSA) is 94.2 Å². The maximum absolute atomic E-state index is 5.39. The predicted octanol–water partition coefficient (Wildman–Crippen LogP) is 0.788. The van der Waals surface area contributed by atoms with E-state index >= 15 is 0 Å². The molecule has 3 rings (SSSR count). The maximum atomic E-state index is 5.39. The number of aromatic nitrogens is 4. The molecule has 1 aliphatic heterocycles. The van der Waals surface area contributed by atoms with E-state index in [1.807, 2.05) is 19.1 Å². The molecule has 0 bridgehead atoms. The summed E-state index contributed by atoms with van der Waals surface area (Å²) in [7, 11) is 1.61. The third-order valence-corrected chi connectivity index (χ3v) is 3.08. The summed E-state index contributed by atoms with van der Waals surface area (Å²) in [6, 6.07) is 3.84. The second-order valence-electron chi connectivity index (χ2n) is 4.40. The molecule has 8 nitrogen and oxygen atoms in total. The van der Waals surface area contributed by atoms with Crippen molar-refractivity contribution in [3.8, 4) is 17.2 Å². The first-order valence-electron chi connectivity index (χ1n) is 6.21. The van der Waals surface area contributed by atoms with Crippen molar-refractivity contribution in [2.75, 3.05) is 13.9 Å². The summed E-state index contributed by atoms with van der Waals surface area (Å²) >= 11 is 0. The Morgan fingerprint density at radius 3 is 3.10 bits per heavy atom. The van der Waals surface area contributed by atoms with E-state index in [9.17, 15) is 0 Å². The minimum Gasteiger partial charge on any atom is -0.493 e. The van der Waals surface area contributed by atoms with E-state index in [0.717, 1.165) is 5.56 Å². The number of hydrogen-bond donors (Lipinski definition) is 2. The van der Waals surface area contributed by atoms with E-state index in [1.165, 1.54) is 0 Å². The average Bonchev–Trinajstić information content (AvgIpc) is 3.14. The molecule has 1 aliphatic rings. The Labute approximate surface area is 115 Å². The van der Waals surface area contributed by atoms with Gasteiger partial charge in [-0.1, -0.05) is 5.21 Å². The number of nitrogens with one attached hydrogen (secondary N) is 2. The van der Waals surface area contributed by atoms with Crippen molar-refractivity contribution in [1.29, 1.82) is 0 Å². The van der Waals surface area contributed by atoms with E-state index in [-0.39, 0.29) is 12.8 Å². The van der Waals surface area contributed by atoms with Crippen LogP contribution in [-0.4, -0.2) is 34.5 Å². The van der Waals surface area contributed by atoms with E-state index < -0.39 is 0 Å². The lowest BCUT2D eigenvalue weighted by Gasteiger charge is -2.12. The van der Waals surface area contributed by atoms with Crippen LogP contribution in [0.25, 0.3) is 0 Å². The molecule has 2 heterocycles. The molecule has 0 saturated carbocycles. The molecule has 20 heavy (non-hydrogen) atoms. The molecular formula is C12H15N5O3. The zero-order valence-electron chi connectivity index (χ0n) is 11.2. The number of aromatic amines is 1. The molecule has 2 aromatic rings. The minimum absolute atomic E-state index is 0.00910. The largest absolute Gasteiger partial charge is 0.493 e. The number of methoxy groups -OCH3 is 1. The fourth-order valence-electron chi connectivity index (χ4n) is 2.00. The fraction of sp³-hybridized carbons (Fsp3) is 0.417. The van der Waals surface area contributed by atoms with Crippen molar-refractivity contribution < 1.29 is 14.2 Å². The molecule has 0 spiro atoms. The molecule has 1 atom stereocenters. The number of benzene rings is 1. The van der Waals surface area contributed by atoms with Crippen LogP contribution < -0.4 is 19.5 Å². The van der Waals surface area contributed by atoms with Gasteiger partial charge in [0.05, 0.1) is 13.2 Å². The molecule has 0 fully saturated rings. The summed E-state index contributed by atoms with van der Waals surface area (Å²) in [5, 5.41) is 17.2. The van der Waals surface area contributed by atoms with Gasteiger partial charge in [0, 0.05) is 6.54 Å². The third kappa shape index (κ3) is 2.37. The molecule has 1 aromatic heterocycles. The average molecular weight is 277 g/mol. The number of tetrazole rings is 1. The molecule has 0 saturated heterocycles. The second-order valence-corrected chi connectivity index (χ2v) is 4.40. The van der Waals surface area contributed by atoms with Gasteiger partial charge < -0.3 is 19.5 Å². The molecule has 2 N–H and O–H groups in total. The minimum atomic E-state index is -0.00910. The van der Waals surface area contributed by atoms with Crippen molar-refractivity contribution in [3.63, 3.8) is 0 Å². The number of nitrogens with zero attached hydrogens (tertiary/aromatic N) is 3. The summed E-state index contributed by atoms with van der Waals surface area (Å²) in [6.07, 6.45) is 0. The zero-order valence-corrected chi connectivity index (χ0v) is 11.2. The fourth-order valence-corrected chi connectivity index (χ4v) is 2.00. The Morgan fingerprint density at radius 2 is 2.35 bits per heavy atom. The lowest BCUT2D eigenvalue weighted by atomic mass is 10.1. The highest BCUT2D eigenvalue weighted by Crippen LogP contribution is 2.41. The van der Waals surface area contributed by atoms with Crippen LogP contribution in [0.15, 0.2) is 12.1 Å². The molecule has 106 valence electrons. The van der Waals surface area contributed by atoms with Crippen molar-refractivity contribution in [2.24, 2.45) is 0 Å². The van der Waals surface area contributed by atoms with Crippen molar-refractivity contribution in [2.45, 2.75) is 19.5 Å². The lowest BCUT2D eigenvalue weighted by Crippen LogP contribution is -2.19. The van der Waals surface area contributed by atoms with Crippen molar-refractivity contribution >= 4 is 0 Å². The normalized spacial score (nSPS) is 14.3. The highest BCUT2D eigenvalue weighted by atomic mass is 16.7. The smallest absolute Gasteiger partial charge is 0.231 e. The molecule has 1 unspecified atom stereocenters. The Hall–Kier alpha value is -2.35. The number of fused-ring (bicyclic) bond motifs is 1. The van der Waals surface area contributed by atoms with Gasteiger partial charge in [-0.2, -0.15) is 5.21 Å². The van der Waals surface area contributed by atoms with Gasteiger partial charge in [0.2, 0.25) is 12.5 Å². The number of rotatable bonds is 5. The predicted molar refractivity (Wildman–Crippen MR) is 68.5 cm³/mol. The molecule has 0 amide bonds. The number of H-pyrrole nitrogens is 1. The Bertz CT molecular complexity index is 587. The quantitative estimate of drug-likeness (QED) is 0.834. The van der Waals surface area contributed by atoms with E-state index in [2.05, 4.69) is 25.9 Å². The summed E-state index contributed by atoms with van der Waals surface area (Å²) in [6.45, 7) is 2.82. The van der Waals surface area contributed by atoms with Gasteiger partial charge in [-0.15, -0.1) is 10.2 Å². The standard InChI is InChI=1S/C12H15N5O3/c1-7(12-14-16-17-15-12)13-5-8-3-9(18-2)11-10(4-8)19-6-20-11/h3-4,7,13H,5-6H2,1-2H3,(H,14,15,16,17). The Morgan fingerprint density at radius 1 is 1.45 bits per heavy atom. The Balaban J connectivity index is 1.72. The highest BCUT2D eigenvalue weighted by Gasteiger charge is 2.20. The summed E-state index contributed by atoms with van der Waals surface area (Å²) in [4.78, 5) is 0. The van der Waals surface area contributed by atoms with Gasteiger partial charge >= 0.3 is 0 Å². The van der Waals surface area contributed by atoms with Gasteiger partial charge in [-0.05, 0) is 24.6 Å². The van der Waals surface area contributed by atoms with Gasteiger partial charge in [0.1, 0.15) is 0 Å². The van der Waals surface area contributed by atoms with Crippen LogP contribution >= 0.6 is 0 Å². The highest BCUT2D eigenvalue weighted by molar-refractivity contribution is 5.55. The molecule has 0 radical (unpaired) electrons. The maximum Gasteiger partial charge on any atom is 0.231 e. The summed E-state index contributed by atoms with van der Waals surface area (Å²) < 4.78 is 16.1. The van der Waals surface area contributed by atoms with E-state index in [1.54, 1.807) is 7.11 Å². The van der Waals surface area contributed by atoms with Crippen LogP contribution in [0.4, 0.5) is 0 Å². The molecule has 1 aromatic carbocycles. The third-order valence-electron chi connectivity index (χ3n) is 3.08. The van der Waals surface area contributed by atoms with Gasteiger partial charge in [0.25, 0.3) is 0 Å². The number of hydrogen-bond acceptors (Lipinski definition) is 7. The van der Waals surface area contributed by atoms with Crippen LogP contribution in [0.3, 0.4) is 0 Å². The second kappa shape index (κ2) is 5.33. The monoisotopic (exact) mass is 277 g/mol. The van der Waals surface area contributed by atoms with E-state index in [4.69, 9.17) is 14.2 Å². The first-order valence-corrected chi connectivity index (χ1v) is 6.21. The van der Waals surface area contributed by atoms with Crippen molar-refractivity contribution in [1.82, 2.24) is 25.9 Å². The van der Waals surface area contributed by atoms with E-state index in [0.29, 0.717) is 29.6 Å². The van der Waals surface area contributed by atoms with Crippen LogP contribution in [-0.2, 0) is 6.54 Å². The Kier molecular flexibility index (Phi) is 3.38. The first-order chi connectivity index (χ1) is 9.78. The van der Waals surface area contributed by atoms with Crippen LogP contribution in [0.5, 0.6) is 17.2 Å². The summed E-state index contributed by atoms with van der Waals surface area (Å²) in [5.41, 5.74) is 1.03. The van der Waals surface area contributed by atoms with Gasteiger partial charge in [0.15, 0.2) is 17.3 Å². The molecule has 8 heteroatoms. The zero-order chi connectivity index (χ0) is 13.9. The number of ether oxygens (including phenoxy) is 3. The van der Waals surface area contributed by atoms with Crippen LogP contribution in [0.2, 0.25) is 0 Å². The van der Waals surface area contributed by atoms with Gasteiger partial charge in [-0.3, -0.25) is 0 Å². The van der Waals surface area contributed by atoms with Crippen LogP contribution in [0, 0.1) is 0 Å². The lowest BCUT2D eigenvalue weighted by molar-refractivity contribution is 0.171. The van der Waals surface area contributed by atoms with Gasteiger partial charge in [-0.25, -0.2) is 0 Å². The van der Waals surface area contributed by atoms with Crippen molar-refractivity contribution in [3.05, 3.63) is 23.5 Å². The SMILES string of the molecule is COc1cc(CNC(C)c2nn[nH]n2)cc2c1OCO2. The first kappa shape index (κ1) is 12.7. The summed E-state index contributed by atoms with van der Waals surface area (Å²) in [5.74, 6) is 2.65. The molecule has 0 aliphatic carbocycles. The van der Waals surface area contributed by atoms with Crippen LogP contribution in [0.1, 0.15) is 24.4 Å².